The Hall–Kier alpha value is -1.85. The monoisotopic (exact) mass is 293 g/mol. The van der Waals surface area contributed by atoms with E-state index >= 15 is 0 Å². The molecule has 1 atom stereocenters. The third kappa shape index (κ3) is 2.42. The molecule has 20 heavy (non-hydrogen) atoms. The predicted octanol–water partition coefficient (Wildman–Crippen LogP) is 2.09. The number of carboxylic acids is 1. The lowest BCUT2D eigenvalue weighted by Crippen LogP contribution is -2.48. The summed E-state index contributed by atoms with van der Waals surface area (Å²) in [5, 5.41) is 14.3. The molecule has 1 heterocycles. The number of aryl methyl sites for hydroxylation is 1. The number of hydrogen-bond donors (Lipinski definition) is 2. The molecule has 1 aromatic carbocycles. The topological polar surface area (TPSA) is 81.1 Å². The van der Waals surface area contributed by atoms with E-state index in [0.717, 1.165) is 0 Å². The molecule has 2 aromatic rings. The van der Waals surface area contributed by atoms with Crippen LogP contribution in [-0.2, 0) is 16.9 Å². The Morgan fingerprint density at radius 1 is 1.40 bits per heavy atom. The van der Waals surface area contributed by atoms with E-state index in [1.54, 1.807) is 42.8 Å². The van der Waals surface area contributed by atoms with Crippen molar-refractivity contribution in [1.29, 1.82) is 0 Å². The number of benzene rings is 1. The lowest BCUT2D eigenvalue weighted by Gasteiger charge is -2.25. The van der Waals surface area contributed by atoms with Crippen LogP contribution in [0, 0.1) is 13.8 Å². The molecule has 0 saturated carbocycles. The minimum atomic E-state index is -1.55. The average Bonchev–Trinajstić information content (AvgIpc) is 2.67. The van der Waals surface area contributed by atoms with Gasteiger partial charge in [-0.15, -0.1) is 0 Å². The van der Waals surface area contributed by atoms with Gasteiger partial charge in [-0.3, -0.25) is 4.68 Å². The van der Waals surface area contributed by atoms with Crippen molar-refractivity contribution in [2.75, 3.05) is 0 Å². The summed E-state index contributed by atoms with van der Waals surface area (Å²) in [5.41, 5.74) is 6.46. The van der Waals surface area contributed by atoms with E-state index in [0.29, 0.717) is 22.0 Å². The van der Waals surface area contributed by atoms with Gasteiger partial charge in [-0.1, -0.05) is 41.9 Å². The Bertz CT molecular complexity index is 639. The van der Waals surface area contributed by atoms with Gasteiger partial charge in [0.05, 0.1) is 23.0 Å². The van der Waals surface area contributed by atoms with E-state index in [1.165, 1.54) is 0 Å². The second kappa shape index (κ2) is 5.26. The van der Waals surface area contributed by atoms with E-state index in [9.17, 15) is 9.90 Å². The van der Waals surface area contributed by atoms with Gasteiger partial charge in [0.25, 0.3) is 0 Å². The fraction of sp³-hybridized carbons (Fsp3) is 0.286. The molecule has 0 aliphatic carbocycles. The summed E-state index contributed by atoms with van der Waals surface area (Å²) in [4.78, 5) is 11.6. The van der Waals surface area contributed by atoms with Crippen molar-refractivity contribution >= 4 is 17.6 Å². The van der Waals surface area contributed by atoms with E-state index in [-0.39, 0.29) is 6.54 Å². The van der Waals surface area contributed by atoms with Crippen LogP contribution >= 0.6 is 11.6 Å². The maximum absolute atomic E-state index is 11.6. The standard InChI is InChI=1S/C14H16ClN3O2/c1-9-12(15)10(2)18(17-9)8-14(16,13(19)20)11-6-4-3-5-7-11/h3-7H,8,16H2,1-2H3,(H,19,20). The van der Waals surface area contributed by atoms with E-state index in [2.05, 4.69) is 5.10 Å². The summed E-state index contributed by atoms with van der Waals surface area (Å²) < 4.78 is 1.54. The molecule has 5 nitrogen and oxygen atoms in total. The SMILES string of the molecule is Cc1nn(CC(N)(C(=O)O)c2ccccc2)c(C)c1Cl. The minimum absolute atomic E-state index is 0.0196. The van der Waals surface area contributed by atoms with Gasteiger partial charge in [-0.25, -0.2) is 4.79 Å². The van der Waals surface area contributed by atoms with Crippen LogP contribution in [-0.4, -0.2) is 20.9 Å². The first kappa shape index (κ1) is 14.6. The lowest BCUT2D eigenvalue weighted by atomic mass is 9.91. The first-order valence-electron chi connectivity index (χ1n) is 6.13. The predicted molar refractivity (Wildman–Crippen MR) is 76.7 cm³/mol. The molecule has 0 fully saturated rings. The molecule has 0 bridgehead atoms. The zero-order valence-electron chi connectivity index (χ0n) is 11.3. The lowest BCUT2D eigenvalue weighted by molar-refractivity contribution is -0.144. The van der Waals surface area contributed by atoms with Gasteiger partial charge >= 0.3 is 5.97 Å². The number of nitrogens with zero attached hydrogens (tertiary/aromatic N) is 2. The number of aliphatic carboxylic acids is 1. The number of carbonyl (C=O) groups is 1. The molecule has 0 aliphatic heterocycles. The molecular weight excluding hydrogens is 278 g/mol. The number of carboxylic acid groups (broad SMARTS) is 1. The molecule has 0 spiro atoms. The second-order valence-corrected chi connectivity index (χ2v) is 5.16. The van der Waals surface area contributed by atoms with E-state index in [1.807, 2.05) is 6.07 Å². The van der Waals surface area contributed by atoms with Crippen LogP contribution in [0.4, 0.5) is 0 Å². The van der Waals surface area contributed by atoms with Crippen LogP contribution < -0.4 is 5.73 Å². The molecule has 1 unspecified atom stereocenters. The Morgan fingerprint density at radius 2 is 2.00 bits per heavy atom. The highest BCUT2D eigenvalue weighted by Crippen LogP contribution is 2.25. The largest absolute Gasteiger partial charge is 0.480 e. The van der Waals surface area contributed by atoms with Crippen LogP contribution in [0.15, 0.2) is 30.3 Å². The molecule has 6 heteroatoms. The van der Waals surface area contributed by atoms with Gasteiger partial charge < -0.3 is 10.8 Å². The molecule has 3 N–H and O–H groups in total. The number of aromatic nitrogens is 2. The van der Waals surface area contributed by atoms with Crippen molar-refractivity contribution in [3.63, 3.8) is 0 Å². The third-order valence-corrected chi connectivity index (χ3v) is 3.91. The van der Waals surface area contributed by atoms with Crippen LogP contribution in [0.5, 0.6) is 0 Å². The highest BCUT2D eigenvalue weighted by atomic mass is 35.5. The summed E-state index contributed by atoms with van der Waals surface area (Å²) in [5.74, 6) is -1.10. The summed E-state index contributed by atoms with van der Waals surface area (Å²) in [6.45, 7) is 3.58. The van der Waals surface area contributed by atoms with Gasteiger partial charge in [-0.2, -0.15) is 5.10 Å². The normalized spacial score (nSPS) is 14.0. The maximum Gasteiger partial charge on any atom is 0.330 e. The summed E-state index contributed by atoms with van der Waals surface area (Å²) >= 11 is 6.08. The first-order chi connectivity index (χ1) is 9.36. The molecule has 2 rings (SSSR count). The van der Waals surface area contributed by atoms with Crippen molar-refractivity contribution in [2.45, 2.75) is 25.9 Å². The summed E-state index contributed by atoms with van der Waals surface area (Å²) in [6, 6.07) is 8.72. The average molecular weight is 294 g/mol. The number of nitrogens with two attached hydrogens (primary N) is 1. The molecule has 1 aromatic heterocycles. The Labute approximate surface area is 122 Å². The molecule has 0 saturated heterocycles. The Kier molecular flexibility index (Phi) is 3.83. The smallest absolute Gasteiger partial charge is 0.330 e. The van der Waals surface area contributed by atoms with Crippen LogP contribution in [0.1, 0.15) is 17.0 Å². The van der Waals surface area contributed by atoms with Gasteiger partial charge in [0, 0.05) is 0 Å². The summed E-state index contributed by atoms with van der Waals surface area (Å²) in [7, 11) is 0. The van der Waals surface area contributed by atoms with Gasteiger partial charge in [0.2, 0.25) is 0 Å². The minimum Gasteiger partial charge on any atom is -0.480 e. The van der Waals surface area contributed by atoms with E-state index < -0.39 is 11.5 Å². The Morgan fingerprint density at radius 3 is 2.45 bits per heavy atom. The van der Waals surface area contributed by atoms with Crippen molar-refractivity contribution in [2.24, 2.45) is 5.73 Å². The van der Waals surface area contributed by atoms with Gasteiger partial charge in [-0.05, 0) is 19.4 Å². The highest BCUT2D eigenvalue weighted by Gasteiger charge is 2.37. The summed E-state index contributed by atoms with van der Waals surface area (Å²) in [6.07, 6.45) is 0. The highest BCUT2D eigenvalue weighted by molar-refractivity contribution is 6.31. The zero-order valence-corrected chi connectivity index (χ0v) is 12.1. The number of halogens is 1. The number of rotatable bonds is 4. The van der Waals surface area contributed by atoms with Crippen molar-refractivity contribution in [1.82, 2.24) is 9.78 Å². The van der Waals surface area contributed by atoms with Gasteiger partial charge in [0.1, 0.15) is 0 Å². The third-order valence-electron chi connectivity index (χ3n) is 3.36. The quantitative estimate of drug-likeness (QED) is 0.904. The fourth-order valence-electron chi connectivity index (χ4n) is 2.08. The maximum atomic E-state index is 11.6. The second-order valence-electron chi connectivity index (χ2n) is 4.78. The number of hydrogen-bond acceptors (Lipinski definition) is 3. The fourth-order valence-corrected chi connectivity index (χ4v) is 2.22. The van der Waals surface area contributed by atoms with Crippen LogP contribution in [0.2, 0.25) is 5.02 Å². The van der Waals surface area contributed by atoms with Crippen molar-refractivity contribution in [3.05, 3.63) is 52.3 Å². The van der Waals surface area contributed by atoms with Crippen LogP contribution in [0.3, 0.4) is 0 Å². The molecular formula is C14H16ClN3O2. The molecule has 106 valence electrons. The van der Waals surface area contributed by atoms with Crippen molar-refractivity contribution in [3.8, 4) is 0 Å². The molecule has 0 amide bonds. The molecule has 0 radical (unpaired) electrons. The Balaban J connectivity index is 2.45. The zero-order chi connectivity index (χ0) is 14.9. The van der Waals surface area contributed by atoms with Gasteiger partial charge in [0.15, 0.2) is 5.54 Å². The molecule has 0 aliphatic rings. The van der Waals surface area contributed by atoms with Crippen molar-refractivity contribution < 1.29 is 9.90 Å². The van der Waals surface area contributed by atoms with Crippen LogP contribution in [0.25, 0.3) is 0 Å². The van der Waals surface area contributed by atoms with E-state index in [4.69, 9.17) is 17.3 Å². The first-order valence-corrected chi connectivity index (χ1v) is 6.51.